The number of amides is 1. The first-order valence-electron chi connectivity index (χ1n) is 8.10. The average molecular weight is 380 g/mol. The van der Waals surface area contributed by atoms with Gasteiger partial charge in [-0.2, -0.15) is 9.29 Å². The molecule has 1 aliphatic heterocycles. The van der Waals surface area contributed by atoms with Gasteiger partial charge in [0, 0.05) is 26.1 Å². The van der Waals surface area contributed by atoms with Crippen molar-refractivity contribution in [3.05, 3.63) is 41.5 Å². The number of benzene rings is 1. The molecule has 1 saturated heterocycles. The zero-order valence-electron chi connectivity index (χ0n) is 14.5. The van der Waals surface area contributed by atoms with Crippen LogP contribution >= 0.6 is 0 Å². The third-order valence-electron chi connectivity index (χ3n) is 4.02. The minimum atomic E-state index is -3.73. The molecule has 1 aromatic heterocycles. The molecule has 0 saturated carbocycles. The standard InChI is InChI=1S/C16H20N4O5S/c1-11-17-15(19-25-11)9-20(2)26(22,23)14-5-3-12(4-6-14)16(21)18-13-7-8-24-10-13/h3-6,13H,7-10H2,1-2H3,(H,18,21)/t13-/m0/s1. The van der Waals surface area contributed by atoms with Crippen molar-refractivity contribution in [3.8, 4) is 0 Å². The Morgan fingerprint density at radius 3 is 2.65 bits per heavy atom. The van der Waals surface area contributed by atoms with Crippen molar-refractivity contribution >= 4 is 15.9 Å². The van der Waals surface area contributed by atoms with Crippen molar-refractivity contribution in [2.24, 2.45) is 0 Å². The van der Waals surface area contributed by atoms with Crippen LogP contribution in [-0.2, 0) is 21.3 Å². The Bertz CT molecular complexity index is 872. The molecule has 1 fully saturated rings. The summed E-state index contributed by atoms with van der Waals surface area (Å²) in [5, 5.41) is 6.55. The molecule has 0 aliphatic carbocycles. The van der Waals surface area contributed by atoms with Crippen LogP contribution in [0.15, 0.2) is 33.7 Å². The van der Waals surface area contributed by atoms with Gasteiger partial charge in [0.05, 0.1) is 24.1 Å². The van der Waals surface area contributed by atoms with Crippen molar-refractivity contribution in [1.82, 2.24) is 19.8 Å². The van der Waals surface area contributed by atoms with E-state index in [2.05, 4.69) is 15.5 Å². The van der Waals surface area contributed by atoms with Crippen LogP contribution in [-0.4, -0.2) is 55.1 Å². The number of sulfonamides is 1. The number of hydrogen-bond donors (Lipinski definition) is 1. The summed E-state index contributed by atoms with van der Waals surface area (Å²) >= 11 is 0. The quantitative estimate of drug-likeness (QED) is 0.785. The van der Waals surface area contributed by atoms with Gasteiger partial charge in [-0.1, -0.05) is 5.16 Å². The number of nitrogens with one attached hydrogen (secondary N) is 1. The molecule has 1 amide bonds. The fourth-order valence-electron chi connectivity index (χ4n) is 2.56. The summed E-state index contributed by atoms with van der Waals surface area (Å²) in [4.78, 5) is 16.3. The molecule has 2 aromatic rings. The van der Waals surface area contributed by atoms with Gasteiger partial charge in [-0.05, 0) is 30.7 Å². The summed E-state index contributed by atoms with van der Waals surface area (Å²) in [6, 6.07) is 5.80. The molecule has 1 N–H and O–H groups in total. The van der Waals surface area contributed by atoms with Crippen LogP contribution in [0.1, 0.15) is 28.5 Å². The topological polar surface area (TPSA) is 115 Å². The lowest BCUT2D eigenvalue weighted by Gasteiger charge is -2.16. The minimum absolute atomic E-state index is 0.00420. The Hall–Kier alpha value is -2.30. The molecule has 1 aromatic carbocycles. The van der Waals surface area contributed by atoms with E-state index in [1.807, 2.05) is 0 Å². The Labute approximate surface area is 151 Å². The van der Waals surface area contributed by atoms with Crippen LogP contribution in [0, 0.1) is 6.92 Å². The number of aromatic nitrogens is 2. The first-order chi connectivity index (χ1) is 12.4. The molecule has 1 aliphatic rings. The van der Waals surface area contributed by atoms with Gasteiger partial charge in [0.25, 0.3) is 5.91 Å². The molecule has 3 rings (SSSR count). The maximum Gasteiger partial charge on any atom is 0.251 e. The monoisotopic (exact) mass is 380 g/mol. The molecular weight excluding hydrogens is 360 g/mol. The van der Waals surface area contributed by atoms with E-state index >= 15 is 0 Å². The van der Waals surface area contributed by atoms with E-state index in [1.165, 1.54) is 31.3 Å². The van der Waals surface area contributed by atoms with Gasteiger partial charge < -0.3 is 14.6 Å². The molecule has 0 radical (unpaired) electrons. The van der Waals surface area contributed by atoms with Gasteiger partial charge in [0.15, 0.2) is 5.82 Å². The maximum absolute atomic E-state index is 12.6. The van der Waals surface area contributed by atoms with E-state index in [-0.39, 0.29) is 29.2 Å². The first kappa shape index (κ1) is 18.5. The number of carbonyl (C=O) groups is 1. The zero-order valence-corrected chi connectivity index (χ0v) is 15.3. The van der Waals surface area contributed by atoms with E-state index in [0.29, 0.717) is 24.7 Å². The van der Waals surface area contributed by atoms with Crippen molar-refractivity contribution in [2.75, 3.05) is 20.3 Å². The van der Waals surface area contributed by atoms with Gasteiger partial charge in [0.2, 0.25) is 15.9 Å². The molecule has 2 heterocycles. The van der Waals surface area contributed by atoms with Crippen LogP contribution in [0.25, 0.3) is 0 Å². The summed E-state index contributed by atoms with van der Waals surface area (Å²) in [7, 11) is -2.30. The van der Waals surface area contributed by atoms with Crippen molar-refractivity contribution in [3.63, 3.8) is 0 Å². The third-order valence-corrected chi connectivity index (χ3v) is 5.84. The largest absolute Gasteiger partial charge is 0.379 e. The molecular formula is C16H20N4O5S. The van der Waals surface area contributed by atoms with Gasteiger partial charge >= 0.3 is 0 Å². The van der Waals surface area contributed by atoms with E-state index in [0.717, 1.165) is 10.7 Å². The Balaban J connectivity index is 1.68. The van der Waals surface area contributed by atoms with Gasteiger partial charge in [-0.3, -0.25) is 4.79 Å². The summed E-state index contributed by atoms with van der Waals surface area (Å²) < 4.78 is 36.4. The van der Waals surface area contributed by atoms with Crippen molar-refractivity contribution in [1.29, 1.82) is 0 Å². The second-order valence-electron chi connectivity index (χ2n) is 6.05. The molecule has 1 atom stereocenters. The molecule has 9 nitrogen and oxygen atoms in total. The number of hydrogen-bond acceptors (Lipinski definition) is 7. The van der Waals surface area contributed by atoms with Crippen LogP contribution in [0.5, 0.6) is 0 Å². The van der Waals surface area contributed by atoms with Crippen LogP contribution < -0.4 is 5.32 Å². The minimum Gasteiger partial charge on any atom is -0.379 e. The number of ether oxygens (including phenoxy) is 1. The Morgan fingerprint density at radius 1 is 1.35 bits per heavy atom. The number of aryl methyl sites for hydroxylation is 1. The van der Waals surface area contributed by atoms with E-state index in [4.69, 9.17) is 9.26 Å². The van der Waals surface area contributed by atoms with Crippen molar-refractivity contribution < 1.29 is 22.5 Å². The highest BCUT2D eigenvalue weighted by molar-refractivity contribution is 7.89. The smallest absolute Gasteiger partial charge is 0.251 e. The zero-order chi connectivity index (χ0) is 18.7. The average Bonchev–Trinajstić information content (AvgIpc) is 3.26. The molecule has 140 valence electrons. The number of carbonyl (C=O) groups excluding carboxylic acids is 1. The molecule has 10 heteroatoms. The highest BCUT2D eigenvalue weighted by atomic mass is 32.2. The fraction of sp³-hybridized carbons (Fsp3) is 0.438. The lowest BCUT2D eigenvalue weighted by molar-refractivity contribution is 0.0930. The fourth-order valence-corrected chi connectivity index (χ4v) is 3.69. The van der Waals surface area contributed by atoms with Gasteiger partial charge in [-0.25, -0.2) is 8.42 Å². The van der Waals surface area contributed by atoms with Crippen LogP contribution in [0.4, 0.5) is 0 Å². The van der Waals surface area contributed by atoms with Gasteiger partial charge in [0.1, 0.15) is 0 Å². The maximum atomic E-state index is 12.6. The number of rotatable bonds is 6. The van der Waals surface area contributed by atoms with E-state index in [1.54, 1.807) is 6.92 Å². The molecule has 26 heavy (non-hydrogen) atoms. The van der Waals surface area contributed by atoms with E-state index < -0.39 is 10.0 Å². The summed E-state index contributed by atoms with van der Waals surface area (Å²) in [6.45, 7) is 2.75. The second-order valence-corrected chi connectivity index (χ2v) is 8.09. The lowest BCUT2D eigenvalue weighted by atomic mass is 10.2. The summed E-state index contributed by atoms with van der Waals surface area (Å²) in [5.74, 6) is 0.400. The molecule has 0 bridgehead atoms. The van der Waals surface area contributed by atoms with Gasteiger partial charge in [-0.15, -0.1) is 0 Å². The predicted octanol–water partition coefficient (Wildman–Crippen LogP) is 0.717. The Morgan fingerprint density at radius 2 is 2.08 bits per heavy atom. The SMILES string of the molecule is Cc1nc(CN(C)S(=O)(=O)c2ccc(C(=O)N[C@H]3CCOC3)cc2)no1. The van der Waals surface area contributed by atoms with E-state index in [9.17, 15) is 13.2 Å². The lowest BCUT2D eigenvalue weighted by Crippen LogP contribution is -2.35. The molecule has 0 spiro atoms. The number of nitrogens with zero attached hydrogens (tertiary/aromatic N) is 3. The second kappa shape index (κ2) is 7.52. The first-order valence-corrected chi connectivity index (χ1v) is 9.54. The van der Waals surface area contributed by atoms with Crippen molar-refractivity contribution in [2.45, 2.75) is 30.8 Å². The normalized spacial score (nSPS) is 17.6. The summed E-state index contributed by atoms with van der Waals surface area (Å²) in [5.41, 5.74) is 0.396. The third kappa shape index (κ3) is 4.09. The highest BCUT2D eigenvalue weighted by Crippen LogP contribution is 2.17. The summed E-state index contributed by atoms with van der Waals surface area (Å²) in [6.07, 6.45) is 0.776. The molecule has 0 unspecified atom stereocenters. The predicted molar refractivity (Wildman–Crippen MR) is 90.8 cm³/mol. The Kier molecular flexibility index (Phi) is 5.35. The van der Waals surface area contributed by atoms with Crippen LogP contribution in [0.3, 0.4) is 0 Å². The highest BCUT2D eigenvalue weighted by Gasteiger charge is 2.23. The van der Waals surface area contributed by atoms with Crippen LogP contribution in [0.2, 0.25) is 0 Å².